The zero-order valence-corrected chi connectivity index (χ0v) is 12.5. The zero-order valence-electron chi connectivity index (χ0n) is 12.5. The first-order chi connectivity index (χ1) is 9.18. The Bertz CT molecular complexity index is 283. The second-order valence-electron chi connectivity index (χ2n) is 6.26. The van der Waals surface area contributed by atoms with Crippen LogP contribution in [0, 0.1) is 5.92 Å². The van der Waals surface area contributed by atoms with Crippen molar-refractivity contribution >= 4 is 6.03 Å². The van der Waals surface area contributed by atoms with Crippen LogP contribution in [0.15, 0.2) is 0 Å². The fraction of sp³-hybridized carbons (Fsp3) is 0.933. The first kappa shape index (κ1) is 14.6. The number of hydrogen-bond acceptors (Lipinski definition) is 2. The number of nitrogens with zero attached hydrogens (tertiary/aromatic N) is 2. The van der Waals surface area contributed by atoms with E-state index in [4.69, 9.17) is 0 Å². The number of carbonyl (C=O) groups is 1. The monoisotopic (exact) mass is 267 g/mol. The highest BCUT2D eigenvalue weighted by molar-refractivity contribution is 5.74. The van der Waals surface area contributed by atoms with Crippen LogP contribution in [-0.4, -0.2) is 55.6 Å². The highest BCUT2D eigenvalue weighted by Crippen LogP contribution is 2.22. The summed E-state index contributed by atoms with van der Waals surface area (Å²) in [5.74, 6) is 0.676. The zero-order chi connectivity index (χ0) is 13.7. The number of amides is 2. The van der Waals surface area contributed by atoms with Crippen LogP contribution in [0.25, 0.3) is 0 Å². The molecule has 110 valence electrons. The van der Waals surface area contributed by atoms with E-state index in [9.17, 15) is 4.79 Å². The lowest BCUT2D eigenvalue weighted by Gasteiger charge is -2.35. The molecule has 4 nitrogen and oxygen atoms in total. The molecule has 2 rings (SSSR count). The molecule has 1 N–H and O–H groups in total. The van der Waals surface area contributed by atoms with Gasteiger partial charge in [-0.3, -0.25) is 0 Å². The summed E-state index contributed by atoms with van der Waals surface area (Å²) >= 11 is 0. The van der Waals surface area contributed by atoms with Crippen LogP contribution >= 0.6 is 0 Å². The number of piperidine rings is 1. The van der Waals surface area contributed by atoms with E-state index in [1.165, 1.54) is 44.9 Å². The number of urea groups is 1. The van der Waals surface area contributed by atoms with Crippen molar-refractivity contribution in [2.24, 2.45) is 5.92 Å². The van der Waals surface area contributed by atoms with E-state index < -0.39 is 0 Å². The summed E-state index contributed by atoms with van der Waals surface area (Å²) in [7, 11) is 3.95. The van der Waals surface area contributed by atoms with Crippen LogP contribution in [0.5, 0.6) is 0 Å². The quantitative estimate of drug-likeness (QED) is 0.851. The third-order valence-electron chi connectivity index (χ3n) is 4.74. The van der Waals surface area contributed by atoms with Crippen LogP contribution < -0.4 is 5.32 Å². The van der Waals surface area contributed by atoms with Gasteiger partial charge in [-0.15, -0.1) is 0 Å². The van der Waals surface area contributed by atoms with Gasteiger partial charge in [-0.05, 0) is 44.7 Å². The summed E-state index contributed by atoms with van der Waals surface area (Å²) in [5.41, 5.74) is 0. The van der Waals surface area contributed by atoms with Crippen LogP contribution in [0.1, 0.15) is 44.9 Å². The van der Waals surface area contributed by atoms with E-state index in [0.29, 0.717) is 12.0 Å². The maximum absolute atomic E-state index is 12.5. The molecule has 0 aromatic heterocycles. The van der Waals surface area contributed by atoms with E-state index in [-0.39, 0.29) is 6.03 Å². The van der Waals surface area contributed by atoms with Gasteiger partial charge in [0.1, 0.15) is 0 Å². The van der Waals surface area contributed by atoms with Gasteiger partial charge < -0.3 is 15.1 Å². The van der Waals surface area contributed by atoms with Crippen LogP contribution in [0.2, 0.25) is 0 Å². The number of rotatable bonds is 3. The molecule has 0 aromatic rings. The Hall–Kier alpha value is -0.770. The number of nitrogens with one attached hydrogen (secondary N) is 1. The molecule has 1 aliphatic carbocycles. The molecule has 2 amide bonds. The van der Waals surface area contributed by atoms with E-state index >= 15 is 0 Å². The average Bonchev–Trinajstić information content (AvgIpc) is 2.47. The summed E-state index contributed by atoms with van der Waals surface area (Å²) in [6.07, 6.45) is 8.66. The standard InChI is InChI=1S/C15H29N3O/c1-17(12-13-8-10-16-11-9-13)15(19)18(2)14-6-4-3-5-7-14/h13-14,16H,3-12H2,1-2H3. The molecule has 2 fully saturated rings. The molecule has 1 saturated heterocycles. The Morgan fingerprint density at radius 1 is 1.05 bits per heavy atom. The van der Waals surface area contributed by atoms with Crippen molar-refractivity contribution in [1.82, 2.24) is 15.1 Å². The van der Waals surface area contributed by atoms with Crippen LogP contribution in [0.4, 0.5) is 4.79 Å². The molecule has 2 aliphatic rings. The molecule has 1 aliphatic heterocycles. The van der Waals surface area contributed by atoms with Gasteiger partial charge >= 0.3 is 6.03 Å². The molecule has 0 atom stereocenters. The summed E-state index contributed by atoms with van der Waals surface area (Å²) in [6.45, 7) is 3.12. The second-order valence-corrected chi connectivity index (χ2v) is 6.26. The van der Waals surface area contributed by atoms with E-state index in [1.807, 2.05) is 23.9 Å². The molecular weight excluding hydrogens is 238 g/mol. The molecule has 4 heteroatoms. The molecular formula is C15H29N3O. The molecule has 0 radical (unpaired) electrons. The lowest BCUT2D eigenvalue weighted by molar-refractivity contribution is 0.134. The van der Waals surface area contributed by atoms with Gasteiger partial charge in [0.15, 0.2) is 0 Å². The normalized spacial score (nSPS) is 22.2. The maximum Gasteiger partial charge on any atom is 0.319 e. The summed E-state index contributed by atoms with van der Waals surface area (Å²) in [4.78, 5) is 16.4. The van der Waals surface area contributed by atoms with Gasteiger partial charge in [0.25, 0.3) is 0 Å². The predicted molar refractivity (Wildman–Crippen MR) is 78.3 cm³/mol. The summed E-state index contributed by atoms with van der Waals surface area (Å²) < 4.78 is 0. The van der Waals surface area contributed by atoms with Gasteiger partial charge in [-0.25, -0.2) is 4.79 Å². The topological polar surface area (TPSA) is 35.6 Å². The third kappa shape index (κ3) is 4.10. The van der Waals surface area contributed by atoms with Gasteiger partial charge in [0, 0.05) is 26.7 Å². The first-order valence-electron chi connectivity index (χ1n) is 7.87. The largest absolute Gasteiger partial charge is 0.327 e. The molecule has 0 unspecified atom stereocenters. The van der Waals surface area contributed by atoms with Crippen molar-refractivity contribution in [3.63, 3.8) is 0 Å². The van der Waals surface area contributed by atoms with Gasteiger partial charge in [-0.1, -0.05) is 19.3 Å². The minimum absolute atomic E-state index is 0.213. The van der Waals surface area contributed by atoms with Crippen LogP contribution in [-0.2, 0) is 0 Å². The Balaban J connectivity index is 1.79. The van der Waals surface area contributed by atoms with Crippen molar-refractivity contribution < 1.29 is 4.79 Å². The molecule has 0 aromatic carbocycles. The van der Waals surface area contributed by atoms with E-state index in [2.05, 4.69) is 5.32 Å². The summed E-state index contributed by atoms with van der Waals surface area (Å²) in [6, 6.07) is 0.683. The van der Waals surface area contributed by atoms with Crippen molar-refractivity contribution in [1.29, 1.82) is 0 Å². The molecule has 0 bridgehead atoms. The van der Waals surface area contributed by atoms with Gasteiger partial charge in [0.05, 0.1) is 0 Å². The lowest BCUT2D eigenvalue weighted by Crippen LogP contribution is -2.47. The smallest absolute Gasteiger partial charge is 0.319 e. The molecule has 1 saturated carbocycles. The summed E-state index contributed by atoms with van der Waals surface area (Å²) in [5, 5.41) is 3.38. The van der Waals surface area contributed by atoms with Crippen molar-refractivity contribution in [2.45, 2.75) is 51.0 Å². The van der Waals surface area contributed by atoms with Crippen LogP contribution in [0.3, 0.4) is 0 Å². The first-order valence-corrected chi connectivity index (χ1v) is 7.87. The number of carbonyl (C=O) groups excluding carboxylic acids is 1. The molecule has 19 heavy (non-hydrogen) atoms. The fourth-order valence-corrected chi connectivity index (χ4v) is 3.42. The minimum Gasteiger partial charge on any atom is -0.327 e. The Kier molecular flexibility index (Phi) is 5.49. The van der Waals surface area contributed by atoms with Crippen molar-refractivity contribution in [3.05, 3.63) is 0 Å². The van der Waals surface area contributed by atoms with E-state index in [1.54, 1.807) is 0 Å². The number of hydrogen-bond donors (Lipinski definition) is 1. The average molecular weight is 267 g/mol. The lowest BCUT2D eigenvalue weighted by atomic mass is 9.94. The van der Waals surface area contributed by atoms with Gasteiger partial charge in [-0.2, -0.15) is 0 Å². The van der Waals surface area contributed by atoms with Gasteiger partial charge in [0.2, 0.25) is 0 Å². The highest BCUT2D eigenvalue weighted by Gasteiger charge is 2.25. The Morgan fingerprint density at radius 3 is 2.32 bits per heavy atom. The maximum atomic E-state index is 12.5. The third-order valence-corrected chi connectivity index (χ3v) is 4.74. The second kappa shape index (κ2) is 7.13. The predicted octanol–water partition coefficient (Wildman–Crippen LogP) is 2.30. The highest BCUT2D eigenvalue weighted by atomic mass is 16.2. The Morgan fingerprint density at radius 2 is 1.68 bits per heavy atom. The van der Waals surface area contributed by atoms with Crippen molar-refractivity contribution in [2.75, 3.05) is 33.7 Å². The fourth-order valence-electron chi connectivity index (χ4n) is 3.42. The molecule has 0 spiro atoms. The minimum atomic E-state index is 0.213. The SMILES string of the molecule is CN(CC1CCNCC1)C(=O)N(C)C1CCCCC1. The van der Waals surface area contributed by atoms with E-state index in [0.717, 1.165) is 19.6 Å². The van der Waals surface area contributed by atoms with Crippen molar-refractivity contribution in [3.8, 4) is 0 Å². The molecule has 1 heterocycles. The Labute approximate surface area is 117 Å².